The number of ether oxygens (including phenoxy) is 4. The smallest absolute Gasteiger partial charge is 0.396 e. The number of alkyl halides is 3. The summed E-state index contributed by atoms with van der Waals surface area (Å²) < 4.78 is 65.1. The van der Waals surface area contributed by atoms with Crippen LogP contribution in [-0.4, -0.2) is 180 Å². The number of carbonyl (C=O) groups excluding carboxylic acids is 4. The first-order chi connectivity index (χ1) is 39.3. The molecule has 5 aromatic rings. The van der Waals surface area contributed by atoms with Crippen LogP contribution >= 0.6 is 11.3 Å². The monoisotopic (exact) mass is 1160 g/mol. The number of aliphatic hydroxyl groups is 2. The van der Waals surface area contributed by atoms with Crippen molar-refractivity contribution in [2.24, 2.45) is 11.3 Å². The first-order valence-corrected chi connectivity index (χ1v) is 29.1. The van der Waals surface area contributed by atoms with Crippen molar-refractivity contribution in [3.8, 4) is 10.4 Å². The van der Waals surface area contributed by atoms with E-state index in [2.05, 4.69) is 36.8 Å². The Kier molecular flexibility index (Phi) is 22.0. The average molecular weight is 1160 g/mol. The summed E-state index contributed by atoms with van der Waals surface area (Å²) in [7, 11) is 0. The molecule has 446 valence electrons. The van der Waals surface area contributed by atoms with Crippen molar-refractivity contribution < 1.29 is 61.5 Å². The maximum atomic E-state index is 14.0. The van der Waals surface area contributed by atoms with Gasteiger partial charge in [0.15, 0.2) is 0 Å². The minimum absolute atomic E-state index is 0.00509. The first-order valence-electron chi connectivity index (χ1n) is 28.3. The number of aliphatic hydroxyl groups excluding tert-OH is 2. The number of benzene rings is 3. The number of aromatic nitrogens is 3. The molecule has 1 saturated carbocycles. The fourth-order valence-corrected chi connectivity index (χ4v) is 11.5. The van der Waals surface area contributed by atoms with Gasteiger partial charge in [0.2, 0.25) is 23.7 Å². The molecule has 3 aliphatic rings. The molecule has 2 aliphatic heterocycles. The third-order valence-electron chi connectivity index (χ3n) is 15.4. The Bertz CT molecular complexity index is 2900. The van der Waals surface area contributed by atoms with Gasteiger partial charge in [0.25, 0.3) is 5.91 Å². The van der Waals surface area contributed by atoms with Gasteiger partial charge < -0.3 is 49.3 Å². The Labute approximate surface area is 480 Å². The number of nitrogens with one attached hydrogen (secondary N) is 3. The van der Waals surface area contributed by atoms with Gasteiger partial charge >= 0.3 is 6.18 Å². The number of hydrogen-bond donors (Lipinski definition) is 5. The van der Waals surface area contributed by atoms with Crippen molar-refractivity contribution in [3.63, 3.8) is 0 Å². The molecule has 19 nitrogen and oxygen atoms in total. The standard InChI is InChI=1S/C59H78F3N9O10S/c1-39-52(82-38-64-39)43-13-8-40(9-14-43)33-63-55(76)50-32-47(73)35-70(50)56(77)53(58(2,3)4)66-51(74)37-81-29-28-80-27-26-79-25-24-78-23-22-68-18-20-69(21-19-68)34-42-12-17-49-48(30-42)65-57(71(49)46-15-10-41(36-72)11-16-46)67-54(75)44-6-5-7-45(31-44)59(60,61)62/h5-9,12-14,17,30-31,38,41,46-47,50,53,72-73H,10-11,15-16,18-29,32-37H2,1-4H3,(H,63,76)(H,66,74)(H,65,67,75)/t41?,46?,47-,50+,53-/m1/s1. The van der Waals surface area contributed by atoms with Crippen LogP contribution in [0.5, 0.6) is 0 Å². The molecule has 3 fully saturated rings. The van der Waals surface area contributed by atoms with Crippen molar-refractivity contribution in [1.82, 2.24) is 39.9 Å². The van der Waals surface area contributed by atoms with Gasteiger partial charge in [-0.3, -0.25) is 34.3 Å². The number of anilines is 1. The van der Waals surface area contributed by atoms with Crippen molar-refractivity contribution in [3.05, 3.63) is 100 Å². The lowest BCUT2D eigenvalue weighted by Gasteiger charge is -2.35. The number of amides is 4. The lowest BCUT2D eigenvalue weighted by Crippen LogP contribution is -2.58. The van der Waals surface area contributed by atoms with E-state index < -0.39 is 53.1 Å². The highest BCUT2D eigenvalue weighted by atomic mass is 32.1. The molecule has 2 saturated heterocycles. The van der Waals surface area contributed by atoms with Gasteiger partial charge in [-0.2, -0.15) is 13.2 Å². The molecular weight excluding hydrogens is 1080 g/mol. The van der Waals surface area contributed by atoms with Crippen molar-refractivity contribution in [2.45, 2.75) is 103 Å². The number of nitrogens with zero attached hydrogens (tertiary/aromatic N) is 6. The van der Waals surface area contributed by atoms with E-state index in [-0.39, 0.29) is 69.4 Å². The lowest BCUT2D eigenvalue weighted by molar-refractivity contribution is -0.144. The Balaban J connectivity index is 0.674. The number of piperazine rings is 1. The lowest BCUT2D eigenvalue weighted by atomic mass is 9.85. The third-order valence-corrected chi connectivity index (χ3v) is 16.3. The second-order valence-corrected chi connectivity index (χ2v) is 23.3. The maximum Gasteiger partial charge on any atom is 0.416 e. The van der Waals surface area contributed by atoms with Gasteiger partial charge in [-0.25, -0.2) is 9.97 Å². The highest BCUT2D eigenvalue weighted by molar-refractivity contribution is 7.13. The summed E-state index contributed by atoms with van der Waals surface area (Å²) in [6, 6.07) is 16.4. The zero-order valence-electron chi connectivity index (χ0n) is 47.3. The number of carbonyl (C=O) groups is 4. The number of likely N-dealkylation sites (tertiary alicyclic amines) is 1. The number of thiazole rings is 1. The molecule has 0 unspecified atom stereocenters. The normalized spacial score (nSPS) is 19.6. The third kappa shape index (κ3) is 17.1. The van der Waals surface area contributed by atoms with Crippen LogP contribution < -0.4 is 16.0 Å². The van der Waals surface area contributed by atoms with E-state index in [0.29, 0.717) is 51.0 Å². The van der Waals surface area contributed by atoms with Gasteiger partial charge in [-0.15, -0.1) is 11.3 Å². The molecule has 3 aromatic carbocycles. The SMILES string of the molecule is Cc1ncsc1-c1ccc(CNC(=O)[C@@H]2C[C@@H](O)CN2C(=O)[C@@H](NC(=O)COCCOCCOCCOCCN2CCN(Cc3ccc4c(c3)nc(NC(=O)c3cccc(C(F)(F)F)c3)n4C3CCC(CO)CC3)CC2)C(C)(C)C)cc1. The van der Waals surface area contributed by atoms with Crippen molar-refractivity contribution in [2.75, 3.05) is 104 Å². The van der Waals surface area contributed by atoms with E-state index in [1.54, 1.807) is 16.8 Å². The fraction of sp³-hybridized carbons (Fsp3) is 0.559. The first kappa shape index (κ1) is 62.2. The maximum absolute atomic E-state index is 14.0. The minimum atomic E-state index is -4.58. The summed E-state index contributed by atoms with van der Waals surface area (Å²) >= 11 is 1.57. The predicted molar refractivity (Wildman–Crippen MR) is 304 cm³/mol. The summed E-state index contributed by atoms with van der Waals surface area (Å²) in [5.41, 5.74) is 5.56. The second-order valence-electron chi connectivity index (χ2n) is 22.5. The zero-order chi connectivity index (χ0) is 58.4. The number of fused-ring (bicyclic) bond motifs is 1. The summed E-state index contributed by atoms with van der Waals surface area (Å²) in [6.07, 6.45) is -2.20. The minimum Gasteiger partial charge on any atom is -0.396 e. The molecule has 0 radical (unpaired) electrons. The van der Waals surface area contributed by atoms with Crippen LogP contribution in [0.1, 0.15) is 91.7 Å². The van der Waals surface area contributed by atoms with E-state index >= 15 is 0 Å². The van der Waals surface area contributed by atoms with Gasteiger partial charge in [0.1, 0.15) is 18.7 Å². The number of imidazole rings is 1. The molecule has 5 N–H and O–H groups in total. The summed E-state index contributed by atoms with van der Waals surface area (Å²) in [6.45, 7) is 14.9. The molecular formula is C59H78F3N9O10S. The van der Waals surface area contributed by atoms with E-state index in [0.717, 1.165) is 103 Å². The Morgan fingerprint density at radius 2 is 1.48 bits per heavy atom. The van der Waals surface area contributed by atoms with Crippen molar-refractivity contribution >= 4 is 51.9 Å². The molecule has 23 heteroatoms. The number of β-amino-alcohol motifs (C(OH)–C–C–N with tert-alkyl or cyclic N) is 1. The molecule has 3 atom stereocenters. The van der Waals surface area contributed by atoms with Crippen LogP contribution in [0.3, 0.4) is 0 Å². The number of hydrogen-bond acceptors (Lipinski definition) is 15. The van der Waals surface area contributed by atoms with Crippen molar-refractivity contribution in [1.29, 1.82) is 0 Å². The van der Waals surface area contributed by atoms with Crippen LogP contribution in [0.15, 0.2) is 72.2 Å². The van der Waals surface area contributed by atoms with Crippen LogP contribution in [0, 0.1) is 18.3 Å². The van der Waals surface area contributed by atoms with E-state index in [1.165, 1.54) is 17.0 Å². The molecule has 0 bridgehead atoms. The molecule has 1 aliphatic carbocycles. The Morgan fingerprint density at radius 1 is 0.817 bits per heavy atom. The van der Waals surface area contributed by atoms with E-state index in [4.69, 9.17) is 23.9 Å². The Hall–Kier alpha value is -5.89. The molecule has 4 amide bonds. The molecule has 8 rings (SSSR count). The van der Waals surface area contributed by atoms with E-state index in [9.17, 15) is 42.6 Å². The zero-order valence-corrected chi connectivity index (χ0v) is 48.1. The topological polar surface area (TPSA) is 222 Å². The summed E-state index contributed by atoms with van der Waals surface area (Å²) in [4.78, 5) is 70.1. The average Bonchev–Trinajstić information content (AvgIpc) is 3.73. The van der Waals surface area contributed by atoms with Crippen LogP contribution in [-0.2, 0) is 52.6 Å². The molecule has 82 heavy (non-hydrogen) atoms. The number of halogens is 3. The van der Waals surface area contributed by atoms with Gasteiger partial charge in [0.05, 0.1) is 85.0 Å². The number of aryl methyl sites for hydroxylation is 1. The predicted octanol–water partition coefficient (Wildman–Crippen LogP) is 6.46. The Morgan fingerprint density at radius 3 is 2.12 bits per heavy atom. The molecule has 2 aromatic heterocycles. The van der Waals surface area contributed by atoms with Crippen LogP contribution in [0.25, 0.3) is 21.5 Å². The van der Waals surface area contributed by atoms with Gasteiger partial charge in [0, 0.05) is 77.0 Å². The second kappa shape index (κ2) is 29.1. The summed E-state index contributed by atoms with van der Waals surface area (Å²) in [5, 5.41) is 28.9. The summed E-state index contributed by atoms with van der Waals surface area (Å²) in [5.74, 6) is -1.50. The molecule has 4 heterocycles. The van der Waals surface area contributed by atoms with Crippen LogP contribution in [0.4, 0.5) is 19.1 Å². The number of rotatable bonds is 26. The molecule has 0 spiro atoms. The van der Waals surface area contributed by atoms with Gasteiger partial charge in [-0.1, -0.05) is 57.2 Å². The largest absolute Gasteiger partial charge is 0.416 e. The van der Waals surface area contributed by atoms with Crippen LogP contribution in [0.2, 0.25) is 0 Å². The van der Waals surface area contributed by atoms with Gasteiger partial charge in [-0.05, 0) is 91.0 Å². The highest BCUT2D eigenvalue weighted by Crippen LogP contribution is 2.38. The highest BCUT2D eigenvalue weighted by Gasteiger charge is 2.44. The fourth-order valence-electron chi connectivity index (χ4n) is 10.7. The van der Waals surface area contributed by atoms with E-state index in [1.807, 2.05) is 68.7 Å². The quantitative estimate of drug-likeness (QED) is 0.0376.